The third-order valence-electron chi connectivity index (χ3n) is 4.56. The molecule has 0 bridgehead atoms. The van der Waals surface area contributed by atoms with E-state index in [1.165, 1.54) is 4.31 Å². The van der Waals surface area contributed by atoms with Crippen molar-refractivity contribution in [2.24, 2.45) is 0 Å². The second kappa shape index (κ2) is 8.57. The molecular weight excluding hydrogens is 360 g/mol. The molecule has 0 aromatic heterocycles. The van der Waals surface area contributed by atoms with Gasteiger partial charge in [0.25, 0.3) is 0 Å². The van der Waals surface area contributed by atoms with E-state index >= 15 is 0 Å². The zero-order valence-electron chi connectivity index (χ0n) is 16.7. The third-order valence-corrected chi connectivity index (χ3v) is 5.67. The zero-order chi connectivity index (χ0) is 20.2. The van der Waals surface area contributed by atoms with E-state index in [9.17, 15) is 13.2 Å². The van der Waals surface area contributed by atoms with E-state index in [-0.39, 0.29) is 12.5 Å². The van der Waals surface area contributed by atoms with Crippen molar-refractivity contribution in [3.8, 4) is 0 Å². The summed E-state index contributed by atoms with van der Waals surface area (Å²) in [6.07, 6.45) is 1.84. The van der Waals surface area contributed by atoms with Crippen molar-refractivity contribution < 1.29 is 13.2 Å². The van der Waals surface area contributed by atoms with E-state index in [1.54, 1.807) is 4.90 Å². The lowest BCUT2D eigenvalue weighted by molar-refractivity contribution is -0.117. The van der Waals surface area contributed by atoms with Gasteiger partial charge in [0.05, 0.1) is 11.9 Å². The number of benzene rings is 2. The van der Waals surface area contributed by atoms with Gasteiger partial charge in [0.2, 0.25) is 15.9 Å². The van der Waals surface area contributed by atoms with Crippen LogP contribution in [-0.4, -0.2) is 33.7 Å². The predicted octanol–water partition coefficient (Wildman–Crippen LogP) is 3.68. The zero-order valence-corrected chi connectivity index (χ0v) is 17.5. The first-order valence-electron chi connectivity index (χ1n) is 9.12. The molecule has 27 heavy (non-hydrogen) atoms. The quantitative estimate of drug-likeness (QED) is 0.727. The monoisotopic (exact) mass is 388 g/mol. The van der Waals surface area contributed by atoms with Gasteiger partial charge in [-0.2, -0.15) is 0 Å². The molecule has 0 unspecified atom stereocenters. The van der Waals surface area contributed by atoms with Crippen LogP contribution in [-0.2, 0) is 21.2 Å². The first kappa shape index (κ1) is 21.0. The van der Waals surface area contributed by atoms with E-state index in [1.807, 2.05) is 70.2 Å². The summed E-state index contributed by atoms with van der Waals surface area (Å²) >= 11 is 0. The van der Waals surface area contributed by atoms with Crippen LogP contribution < -0.4 is 9.21 Å². The van der Waals surface area contributed by atoms with Gasteiger partial charge in [-0.25, -0.2) is 8.42 Å². The van der Waals surface area contributed by atoms with Crippen LogP contribution in [0.1, 0.15) is 30.5 Å². The number of amides is 1. The fraction of sp³-hybridized carbons (Fsp3) is 0.381. The lowest BCUT2D eigenvalue weighted by Gasteiger charge is -2.29. The number of nitrogens with zero attached hydrogens (tertiary/aromatic N) is 2. The number of hydrogen-bond donors (Lipinski definition) is 0. The Balaban J connectivity index is 2.44. The van der Waals surface area contributed by atoms with Crippen LogP contribution in [0, 0.1) is 13.8 Å². The van der Waals surface area contributed by atoms with Crippen LogP contribution in [0.3, 0.4) is 0 Å². The topological polar surface area (TPSA) is 57.7 Å². The molecule has 5 nitrogen and oxygen atoms in total. The van der Waals surface area contributed by atoms with Crippen LogP contribution in [0.25, 0.3) is 0 Å². The van der Waals surface area contributed by atoms with E-state index in [4.69, 9.17) is 0 Å². The van der Waals surface area contributed by atoms with Gasteiger partial charge in [0.15, 0.2) is 0 Å². The molecule has 146 valence electrons. The fourth-order valence-corrected chi connectivity index (χ4v) is 4.17. The molecule has 0 radical (unpaired) electrons. The van der Waals surface area contributed by atoms with Crippen LogP contribution in [0.4, 0.5) is 11.4 Å². The number of carbonyl (C=O) groups is 1. The van der Waals surface area contributed by atoms with E-state index in [2.05, 4.69) is 0 Å². The molecule has 0 heterocycles. The van der Waals surface area contributed by atoms with Crippen molar-refractivity contribution in [2.75, 3.05) is 28.6 Å². The van der Waals surface area contributed by atoms with Crippen molar-refractivity contribution in [3.63, 3.8) is 0 Å². The maximum Gasteiger partial charge on any atom is 0.247 e. The number of rotatable bonds is 7. The minimum absolute atomic E-state index is 0.224. The molecule has 0 aliphatic heterocycles. The molecule has 2 aromatic carbocycles. The maximum atomic E-state index is 13.0. The van der Waals surface area contributed by atoms with Crippen LogP contribution in [0.5, 0.6) is 0 Å². The molecule has 0 N–H and O–H groups in total. The van der Waals surface area contributed by atoms with E-state index < -0.39 is 10.0 Å². The minimum Gasteiger partial charge on any atom is -0.311 e. The van der Waals surface area contributed by atoms with Crippen LogP contribution >= 0.6 is 0 Å². The summed E-state index contributed by atoms with van der Waals surface area (Å²) in [4.78, 5) is 14.7. The second-order valence-electron chi connectivity index (χ2n) is 6.68. The summed E-state index contributed by atoms with van der Waals surface area (Å²) in [5.74, 6) is -0.251. The molecule has 2 rings (SSSR count). The van der Waals surface area contributed by atoms with Gasteiger partial charge in [0.1, 0.15) is 6.54 Å². The lowest BCUT2D eigenvalue weighted by Crippen LogP contribution is -2.43. The molecule has 6 heteroatoms. The molecule has 0 aliphatic rings. The predicted molar refractivity (Wildman–Crippen MR) is 112 cm³/mol. The largest absolute Gasteiger partial charge is 0.311 e. The lowest BCUT2D eigenvalue weighted by atomic mass is 10.1. The standard InChI is InChI=1S/C21H28N2O3S/c1-6-18-12-9-11-17(4)21(18)23(27(5,25)26)15-20(24)22(7-2)19-13-8-10-16(3)14-19/h8-14H,6-7,15H2,1-5H3. The van der Waals surface area contributed by atoms with Crippen molar-refractivity contribution in [1.29, 1.82) is 0 Å². The summed E-state index contributed by atoms with van der Waals surface area (Å²) < 4.78 is 26.3. The van der Waals surface area contributed by atoms with E-state index in [0.717, 1.165) is 28.6 Å². The molecule has 0 saturated carbocycles. The Kier molecular flexibility index (Phi) is 6.65. The molecular formula is C21H28N2O3S. The van der Waals surface area contributed by atoms with Gasteiger partial charge in [0, 0.05) is 12.2 Å². The number of sulfonamides is 1. The molecule has 1 amide bonds. The molecule has 0 fully saturated rings. The number of anilines is 2. The highest BCUT2D eigenvalue weighted by Gasteiger charge is 2.27. The SMILES string of the molecule is CCc1cccc(C)c1N(CC(=O)N(CC)c1cccc(C)c1)S(C)(=O)=O. The van der Waals surface area contributed by atoms with Gasteiger partial charge in [-0.1, -0.05) is 37.3 Å². The second-order valence-corrected chi connectivity index (χ2v) is 8.59. The van der Waals surface area contributed by atoms with Crippen molar-refractivity contribution >= 4 is 27.3 Å². The third kappa shape index (κ3) is 4.89. The molecule has 0 atom stereocenters. The molecule has 0 saturated heterocycles. The van der Waals surface area contributed by atoms with Gasteiger partial charge in [-0.3, -0.25) is 9.10 Å². The Morgan fingerprint density at radius 3 is 2.26 bits per heavy atom. The Hall–Kier alpha value is -2.34. The molecule has 0 aliphatic carbocycles. The van der Waals surface area contributed by atoms with Crippen LogP contribution in [0.2, 0.25) is 0 Å². The Morgan fingerprint density at radius 2 is 1.70 bits per heavy atom. The fourth-order valence-electron chi connectivity index (χ4n) is 3.23. The smallest absolute Gasteiger partial charge is 0.247 e. The highest BCUT2D eigenvalue weighted by Crippen LogP contribution is 2.28. The van der Waals surface area contributed by atoms with Crippen molar-refractivity contribution in [3.05, 3.63) is 59.2 Å². The number of carbonyl (C=O) groups excluding carboxylic acids is 1. The summed E-state index contributed by atoms with van der Waals surface area (Å²) in [6, 6.07) is 13.3. The Morgan fingerprint density at radius 1 is 1.04 bits per heavy atom. The average molecular weight is 389 g/mol. The van der Waals surface area contributed by atoms with Gasteiger partial charge in [-0.15, -0.1) is 0 Å². The van der Waals surface area contributed by atoms with Gasteiger partial charge < -0.3 is 4.90 Å². The average Bonchev–Trinajstić information content (AvgIpc) is 2.59. The van der Waals surface area contributed by atoms with E-state index in [0.29, 0.717) is 18.7 Å². The van der Waals surface area contributed by atoms with Crippen LogP contribution in [0.15, 0.2) is 42.5 Å². The molecule has 2 aromatic rings. The minimum atomic E-state index is -3.61. The van der Waals surface area contributed by atoms with Crippen molar-refractivity contribution in [2.45, 2.75) is 34.1 Å². The first-order valence-corrected chi connectivity index (χ1v) is 11.0. The number of likely N-dealkylation sites (N-methyl/N-ethyl adjacent to an activating group) is 1. The van der Waals surface area contributed by atoms with Gasteiger partial charge in [-0.05, 0) is 56.0 Å². The molecule has 0 spiro atoms. The number of aryl methyl sites for hydroxylation is 3. The number of hydrogen-bond acceptors (Lipinski definition) is 3. The highest BCUT2D eigenvalue weighted by molar-refractivity contribution is 7.92. The summed E-state index contributed by atoms with van der Waals surface area (Å²) in [5.41, 5.74) is 4.18. The summed E-state index contributed by atoms with van der Waals surface area (Å²) in [5, 5.41) is 0. The Bertz CT molecular complexity index is 923. The maximum absolute atomic E-state index is 13.0. The first-order chi connectivity index (χ1) is 12.7. The van der Waals surface area contributed by atoms with Crippen molar-refractivity contribution in [1.82, 2.24) is 0 Å². The highest BCUT2D eigenvalue weighted by atomic mass is 32.2. The number of para-hydroxylation sites is 1. The normalized spacial score (nSPS) is 11.3. The summed E-state index contributed by atoms with van der Waals surface area (Å²) in [7, 11) is -3.61. The summed E-state index contributed by atoms with van der Waals surface area (Å²) in [6.45, 7) is 7.94. The Labute approximate surface area is 162 Å². The van der Waals surface area contributed by atoms with Gasteiger partial charge >= 0.3 is 0 Å².